The molecule has 14 heteroatoms. The molecule has 0 spiro atoms. The largest absolute Gasteiger partial charge is 0.480 e. The molecule has 0 atom stereocenters. The fourth-order valence-corrected chi connectivity index (χ4v) is 2.86. The molecular formula is C11H14F6N2O4S2. The van der Waals surface area contributed by atoms with Gasteiger partial charge in [-0.15, -0.1) is 0 Å². The SMILES string of the molecule is Cc1ccc[n+](C(C)C)c1.O=S(=O)([N-]S(=O)(=O)C(F)(F)F)C(F)(F)F. The normalized spacial score (nSPS) is 13.4. The van der Waals surface area contributed by atoms with Gasteiger partial charge in [-0.3, -0.25) is 0 Å². The molecule has 1 aromatic heterocycles. The van der Waals surface area contributed by atoms with Crippen molar-refractivity contribution in [3.8, 4) is 0 Å². The number of hydrogen-bond acceptors (Lipinski definition) is 4. The van der Waals surface area contributed by atoms with Gasteiger partial charge >= 0.3 is 11.0 Å². The van der Waals surface area contributed by atoms with Gasteiger partial charge in [-0.05, 0) is 26.8 Å². The van der Waals surface area contributed by atoms with Crippen molar-refractivity contribution >= 4 is 20.0 Å². The third kappa shape index (κ3) is 7.15. The fourth-order valence-electron chi connectivity index (χ4n) is 1.15. The number of aryl methyl sites for hydroxylation is 1. The van der Waals surface area contributed by atoms with Gasteiger partial charge in [0.05, 0.1) is 0 Å². The number of rotatable bonds is 3. The van der Waals surface area contributed by atoms with Crippen LogP contribution in [-0.4, -0.2) is 27.9 Å². The first kappa shape index (κ1) is 23.6. The van der Waals surface area contributed by atoms with Crippen LogP contribution in [0.1, 0.15) is 25.5 Å². The average molecular weight is 416 g/mol. The van der Waals surface area contributed by atoms with Gasteiger partial charge in [0, 0.05) is 11.6 Å². The van der Waals surface area contributed by atoms with Gasteiger partial charge in [0.15, 0.2) is 38.5 Å². The molecule has 0 bridgehead atoms. The molecule has 0 aliphatic rings. The van der Waals surface area contributed by atoms with E-state index in [1.807, 2.05) is 0 Å². The van der Waals surface area contributed by atoms with Crippen LogP contribution >= 0.6 is 0 Å². The first-order valence-corrected chi connectivity index (χ1v) is 9.13. The Labute approximate surface area is 140 Å². The third-order valence-corrected chi connectivity index (χ3v) is 5.09. The smallest absolute Gasteiger partial charge is 0.421 e. The molecule has 0 aliphatic heterocycles. The molecule has 0 aromatic carbocycles. The second kappa shape index (κ2) is 7.86. The standard InChI is InChI=1S/C9H14N.C2F6NO4S2/c1-8(2)10-6-4-5-9(3)7-10;3-1(4,5)14(10,11)9-15(12,13)2(6,7)8/h4-8H,1-3H3;/q+1;-1. The summed E-state index contributed by atoms with van der Waals surface area (Å²) in [5.74, 6) is 0. The lowest BCUT2D eigenvalue weighted by atomic mass is 10.3. The summed E-state index contributed by atoms with van der Waals surface area (Å²) in [6.45, 7) is 6.47. The lowest BCUT2D eigenvalue weighted by Gasteiger charge is -2.22. The minimum atomic E-state index is -6.72. The molecule has 0 radical (unpaired) electrons. The van der Waals surface area contributed by atoms with Gasteiger partial charge < -0.3 is 4.13 Å². The Bertz CT molecular complexity index is 744. The molecule has 1 aromatic rings. The lowest BCUT2D eigenvalue weighted by molar-refractivity contribution is -0.716. The number of halogens is 6. The van der Waals surface area contributed by atoms with Gasteiger partial charge in [0.2, 0.25) is 0 Å². The Balaban J connectivity index is 0.000000496. The van der Waals surface area contributed by atoms with E-state index in [9.17, 15) is 43.2 Å². The summed E-state index contributed by atoms with van der Waals surface area (Å²) < 4.78 is 111. The Morgan fingerprint density at radius 3 is 1.60 bits per heavy atom. The molecule has 25 heavy (non-hydrogen) atoms. The Morgan fingerprint density at radius 1 is 0.960 bits per heavy atom. The van der Waals surface area contributed by atoms with Crippen LogP contribution < -0.4 is 4.57 Å². The van der Waals surface area contributed by atoms with Gasteiger partial charge in [-0.2, -0.15) is 26.3 Å². The van der Waals surface area contributed by atoms with Crippen LogP contribution in [-0.2, 0) is 20.0 Å². The second-order valence-electron chi connectivity index (χ2n) is 4.84. The van der Waals surface area contributed by atoms with Crippen LogP contribution in [0.25, 0.3) is 4.13 Å². The Kier molecular flexibility index (Phi) is 7.42. The van der Waals surface area contributed by atoms with E-state index in [0.29, 0.717) is 6.04 Å². The van der Waals surface area contributed by atoms with Crippen molar-refractivity contribution < 1.29 is 47.7 Å². The molecule has 6 nitrogen and oxygen atoms in total. The summed E-state index contributed by atoms with van der Waals surface area (Å²) in [4.78, 5) is 0. The molecule has 0 amide bonds. The van der Waals surface area contributed by atoms with E-state index >= 15 is 0 Å². The number of sulfonamides is 2. The predicted molar refractivity (Wildman–Crippen MR) is 75.1 cm³/mol. The van der Waals surface area contributed by atoms with Crippen molar-refractivity contribution in [3.05, 3.63) is 34.2 Å². The Morgan fingerprint density at radius 2 is 1.36 bits per heavy atom. The summed E-state index contributed by atoms with van der Waals surface area (Å²) >= 11 is 0. The molecule has 0 fully saturated rings. The summed E-state index contributed by atoms with van der Waals surface area (Å²) in [7, 11) is -13.4. The molecule has 1 rings (SSSR count). The van der Waals surface area contributed by atoms with E-state index in [1.165, 1.54) is 5.56 Å². The quantitative estimate of drug-likeness (QED) is 0.560. The van der Waals surface area contributed by atoms with Crippen molar-refractivity contribution in [2.75, 3.05) is 0 Å². The highest BCUT2D eigenvalue weighted by Gasteiger charge is 2.46. The fraction of sp³-hybridized carbons (Fsp3) is 0.545. The number of pyridine rings is 1. The van der Waals surface area contributed by atoms with Crippen LogP contribution in [0.4, 0.5) is 26.3 Å². The van der Waals surface area contributed by atoms with Crippen LogP contribution in [0.3, 0.4) is 0 Å². The molecule has 1 heterocycles. The summed E-state index contributed by atoms with van der Waals surface area (Å²) in [6, 6.07) is 4.76. The molecule has 0 N–H and O–H groups in total. The zero-order chi connectivity index (χ0) is 20.3. The predicted octanol–water partition coefficient (Wildman–Crippen LogP) is 2.92. The zero-order valence-corrected chi connectivity index (χ0v) is 14.6. The van der Waals surface area contributed by atoms with E-state index in [4.69, 9.17) is 0 Å². The van der Waals surface area contributed by atoms with Crippen molar-refractivity contribution in [1.29, 1.82) is 0 Å². The highest BCUT2D eigenvalue weighted by molar-refractivity contribution is 8.13. The maximum atomic E-state index is 11.4. The van der Waals surface area contributed by atoms with E-state index in [1.54, 1.807) is 0 Å². The molecule has 146 valence electrons. The Hall–Kier alpha value is -1.41. The monoisotopic (exact) mass is 416 g/mol. The molecule has 0 aliphatic carbocycles. The number of alkyl halides is 6. The first-order valence-electron chi connectivity index (χ1n) is 6.25. The van der Waals surface area contributed by atoms with Crippen LogP contribution in [0, 0.1) is 6.92 Å². The summed E-state index contributed by atoms with van der Waals surface area (Å²) in [5.41, 5.74) is -11.1. The van der Waals surface area contributed by atoms with E-state index in [0.717, 1.165) is 4.13 Å². The van der Waals surface area contributed by atoms with Gasteiger partial charge in [-0.1, -0.05) is 0 Å². The minimum Gasteiger partial charge on any atom is -0.421 e. The topological polar surface area (TPSA) is 86.3 Å². The van der Waals surface area contributed by atoms with Crippen molar-refractivity contribution in [2.45, 2.75) is 37.8 Å². The van der Waals surface area contributed by atoms with E-state index in [2.05, 4.69) is 49.9 Å². The number of aromatic nitrogens is 1. The summed E-state index contributed by atoms with van der Waals surface area (Å²) in [5, 5.41) is 0. The van der Waals surface area contributed by atoms with E-state index in [-0.39, 0.29) is 0 Å². The zero-order valence-electron chi connectivity index (χ0n) is 13.0. The average Bonchev–Trinajstić information content (AvgIpc) is 2.35. The van der Waals surface area contributed by atoms with Crippen LogP contribution in [0.5, 0.6) is 0 Å². The highest BCUT2D eigenvalue weighted by Crippen LogP contribution is 2.36. The third-order valence-electron chi connectivity index (χ3n) is 2.35. The maximum absolute atomic E-state index is 11.4. The molecule has 0 saturated heterocycles. The van der Waals surface area contributed by atoms with Crippen molar-refractivity contribution in [2.24, 2.45) is 0 Å². The molecule has 0 unspecified atom stereocenters. The van der Waals surface area contributed by atoms with Crippen LogP contribution in [0.15, 0.2) is 24.5 Å². The number of nitrogens with zero attached hydrogens (tertiary/aromatic N) is 2. The van der Waals surface area contributed by atoms with Gasteiger partial charge in [0.25, 0.3) is 0 Å². The highest BCUT2D eigenvalue weighted by atomic mass is 32.3. The summed E-state index contributed by atoms with van der Waals surface area (Å²) in [6.07, 6.45) is 4.25. The minimum absolute atomic E-state index is 0.569. The second-order valence-corrected chi connectivity index (χ2v) is 8.26. The van der Waals surface area contributed by atoms with Crippen molar-refractivity contribution in [1.82, 2.24) is 0 Å². The molecular weight excluding hydrogens is 402 g/mol. The van der Waals surface area contributed by atoms with Gasteiger partial charge in [0.1, 0.15) is 0 Å². The first-order chi connectivity index (χ1) is 10.9. The van der Waals surface area contributed by atoms with Gasteiger partial charge in [-0.25, -0.2) is 21.4 Å². The molecule has 0 saturated carbocycles. The van der Waals surface area contributed by atoms with Crippen molar-refractivity contribution in [3.63, 3.8) is 0 Å². The lowest BCUT2D eigenvalue weighted by Crippen LogP contribution is -2.35. The van der Waals surface area contributed by atoms with Crippen LogP contribution in [0.2, 0.25) is 0 Å². The number of hydrogen-bond donors (Lipinski definition) is 0. The van der Waals surface area contributed by atoms with E-state index < -0.39 is 31.1 Å². The maximum Gasteiger partial charge on any atom is 0.480 e.